The van der Waals surface area contributed by atoms with Crippen molar-refractivity contribution in [3.05, 3.63) is 59.4 Å². The molecule has 5 heteroatoms. The molecule has 1 fully saturated rings. The van der Waals surface area contributed by atoms with Crippen LogP contribution in [0.15, 0.2) is 42.7 Å². The molecular weight excluding hydrogens is 302 g/mol. The normalized spacial score (nSPS) is 22.4. The Bertz CT molecular complexity index is 688. The van der Waals surface area contributed by atoms with Gasteiger partial charge in [-0.05, 0) is 30.0 Å². The van der Waals surface area contributed by atoms with Gasteiger partial charge in [-0.2, -0.15) is 0 Å². The smallest absolute Gasteiger partial charge is 0.255 e. The summed E-state index contributed by atoms with van der Waals surface area (Å²) in [6, 6.07) is 10.8. The summed E-state index contributed by atoms with van der Waals surface area (Å²) in [6.45, 7) is 2.51. The number of nitrogens with one attached hydrogen (secondary N) is 1. The fraction of sp³-hybridized carbons (Fsp3) is 0.421. The standard InChI is InChI=1S/C19H23N3O2/c23-18-12-21(17-9-14-3-1-2-4-15(14)10-17)7-8-22(13-18)19(24)16-5-6-20-11-16/h1-6,11,17-18,20,23H,7-10,12-13H2. The first-order valence-corrected chi connectivity index (χ1v) is 8.61. The summed E-state index contributed by atoms with van der Waals surface area (Å²) in [7, 11) is 0. The quantitative estimate of drug-likeness (QED) is 0.875. The van der Waals surface area contributed by atoms with Crippen molar-refractivity contribution in [2.75, 3.05) is 26.2 Å². The summed E-state index contributed by atoms with van der Waals surface area (Å²) >= 11 is 0. The number of fused-ring (bicyclic) bond motifs is 1. The Morgan fingerprint density at radius 1 is 1.08 bits per heavy atom. The molecule has 0 saturated carbocycles. The number of hydrogen-bond donors (Lipinski definition) is 2. The van der Waals surface area contributed by atoms with E-state index >= 15 is 0 Å². The van der Waals surface area contributed by atoms with Crippen LogP contribution in [-0.2, 0) is 12.8 Å². The van der Waals surface area contributed by atoms with Gasteiger partial charge in [0.2, 0.25) is 0 Å². The topological polar surface area (TPSA) is 59.6 Å². The van der Waals surface area contributed by atoms with E-state index in [-0.39, 0.29) is 5.91 Å². The lowest BCUT2D eigenvalue weighted by atomic mass is 10.1. The zero-order chi connectivity index (χ0) is 16.5. The molecule has 1 atom stereocenters. The molecule has 2 aliphatic rings. The van der Waals surface area contributed by atoms with Gasteiger partial charge in [-0.1, -0.05) is 24.3 Å². The fourth-order valence-electron chi connectivity index (χ4n) is 3.96. The molecule has 5 nitrogen and oxygen atoms in total. The number of β-amino-alcohol motifs (C(OH)–C–C–N with tert-alkyl or cyclic N) is 1. The van der Waals surface area contributed by atoms with Crippen LogP contribution in [0.2, 0.25) is 0 Å². The molecule has 1 saturated heterocycles. The van der Waals surface area contributed by atoms with Crippen LogP contribution in [-0.4, -0.2) is 64.1 Å². The number of hydrogen-bond acceptors (Lipinski definition) is 3. The molecule has 0 spiro atoms. The average molecular weight is 325 g/mol. The first-order chi connectivity index (χ1) is 11.7. The van der Waals surface area contributed by atoms with Gasteiger partial charge < -0.3 is 15.0 Å². The van der Waals surface area contributed by atoms with Gasteiger partial charge in [-0.25, -0.2) is 0 Å². The van der Waals surface area contributed by atoms with Crippen LogP contribution >= 0.6 is 0 Å². The van der Waals surface area contributed by atoms with Gasteiger partial charge in [0, 0.05) is 44.6 Å². The van der Waals surface area contributed by atoms with E-state index in [1.54, 1.807) is 23.4 Å². The molecule has 1 aromatic carbocycles. The van der Waals surface area contributed by atoms with Crippen molar-refractivity contribution in [3.63, 3.8) is 0 Å². The van der Waals surface area contributed by atoms with Crippen LogP contribution in [0.4, 0.5) is 0 Å². The lowest BCUT2D eigenvalue weighted by molar-refractivity contribution is 0.0656. The molecule has 2 N–H and O–H groups in total. The maximum absolute atomic E-state index is 12.5. The van der Waals surface area contributed by atoms with Crippen molar-refractivity contribution in [2.45, 2.75) is 25.0 Å². The van der Waals surface area contributed by atoms with Crippen LogP contribution in [0, 0.1) is 0 Å². The second-order valence-electron chi connectivity index (χ2n) is 6.83. The van der Waals surface area contributed by atoms with Crippen molar-refractivity contribution in [1.29, 1.82) is 0 Å². The van der Waals surface area contributed by atoms with Gasteiger partial charge >= 0.3 is 0 Å². The number of carbonyl (C=O) groups is 1. The monoisotopic (exact) mass is 325 g/mol. The zero-order valence-corrected chi connectivity index (χ0v) is 13.7. The Morgan fingerprint density at radius 2 is 1.83 bits per heavy atom. The van der Waals surface area contributed by atoms with Gasteiger partial charge in [-0.15, -0.1) is 0 Å². The number of aromatic nitrogens is 1. The van der Waals surface area contributed by atoms with E-state index in [0.29, 0.717) is 31.2 Å². The van der Waals surface area contributed by atoms with Crippen LogP contribution in [0.3, 0.4) is 0 Å². The molecule has 126 valence electrons. The molecule has 2 heterocycles. The minimum absolute atomic E-state index is 0.00754. The van der Waals surface area contributed by atoms with Gasteiger partial charge in [0.15, 0.2) is 0 Å². The lowest BCUT2D eigenvalue weighted by Gasteiger charge is -2.28. The maximum Gasteiger partial charge on any atom is 0.255 e. The Morgan fingerprint density at radius 3 is 2.50 bits per heavy atom. The summed E-state index contributed by atoms with van der Waals surface area (Å²) in [5, 5.41) is 10.4. The van der Waals surface area contributed by atoms with Gasteiger partial charge in [0.25, 0.3) is 5.91 Å². The first-order valence-electron chi connectivity index (χ1n) is 8.61. The average Bonchev–Trinajstić information content (AvgIpc) is 3.22. The summed E-state index contributed by atoms with van der Waals surface area (Å²) in [4.78, 5) is 19.6. The largest absolute Gasteiger partial charge is 0.390 e. The highest BCUT2D eigenvalue weighted by Crippen LogP contribution is 2.26. The SMILES string of the molecule is O=C(c1cc[nH]c1)N1CCN(C2Cc3ccccc3C2)CC(O)C1. The highest BCUT2D eigenvalue weighted by atomic mass is 16.3. The second kappa shape index (κ2) is 6.42. The molecule has 1 aromatic heterocycles. The number of aromatic amines is 1. The minimum atomic E-state index is -0.501. The van der Waals surface area contributed by atoms with Gasteiger partial charge in [-0.3, -0.25) is 9.69 Å². The van der Waals surface area contributed by atoms with Crippen molar-refractivity contribution < 1.29 is 9.90 Å². The molecule has 1 aliphatic heterocycles. The highest BCUT2D eigenvalue weighted by molar-refractivity contribution is 5.94. The van der Waals surface area contributed by atoms with Gasteiger partial charge in [0.1, 0.15) is 0 Å². The van der Waals surface area contributed by atoms with E-state index in [2.05, 4.69) is 34.1 Å². The summed E-state index contributed by atoms with van der Waals surface area (Å²) in [5.74, 6) is -0.00754. The van der Waals surface area contributed by atoms with Crippen LogP contribution in [0.1, 0.15) is 21.5 Å². The second-order valence-corrected chi connectivity index (χ2v) is 6.83. The number of rotatable bonds is 2. The molecule has 0 bridgehead atoms. The third-order valence-electron chi connectivity index (χ3n) is 5.21. The van der Waals surface area contributed by atoms with E-state index in [1.165, 1.54) is 11.1 Å². The van der Waals surface area contributed by atoms with E-state index in [1.807, 2.05) is 0 Å². The first kappa shape index (κ1) is 15.4. The fourth-order valence-corrected chi connectivity index (χ4v) is 3.96. The van der Waals surface area contributed by atoms with Crippen molar-refractivity contribution in [1.82, 2.24) is 14.8 Å². The van der Waals surface area contributed by atoms with E-state index in [9.17, 15) is 9.90 Å². The number of aliphatic hydroxyl groups excluding tert-OH is 1. The number of carbonyl (C=O) groups excluding carboxylic acids is 1. The van der Waals surface area contributed by atoms with Crippen LogP contribution in [0.25, 0.3) is 0 Å². The zero-order valence-electron chi connectivity index (χ0n) is 13.7. The molecule has 2 aromatic rings. The minimum Gasteiger partial charge on any atom is -0.390 e. The number of H-pyrrole nitrogens is 1. The number of aliphatic hydroxyl groups is 1. The third kappa shape index (κ3) is 2.97. The Labute approximate surface area is 141 Å². The summed E-state index contributed by atoms with van der Waals surface area (Å²) < 4.78 is 0. The highest BCUT2D eigenvalue weighted by Gasteiger charge is 2.31. The lowest BCUT2D eigenvalue weighted by Crippen LogP contribution is -2.41. The molecule has 1 amide bonds. The van der Waals surface area contributed by atoms with Crippen LogP contribution in [0.5, 0.6) is 0 Å². The number of benzene rings is 1. The summed E-state index contributed by atoms with van der Waals surface area (Å²) in [6.07, 6.45) is 5.04. The maximum atomic E-state index is 12.5. The predicted octanol–water partition coefficient (Wildman–Crippen LogP) is 1.30. The Kier molecular flexibility index (Phi) is 4.12. The van der Waals surface area contributed by atoms with Gasteiger partial charge in [0.05, 0.1) is 11.7 Å². The molecule has 0 radical (unpaired) electrons. The van der Waals surface area contributed by atoms with Crippen molar-refractivity contribution in [3.8, 4) is 0 Å². The predicted molar refractivity (Wildman–Crippen MR) is 91.9 cm³/mol. The Hall–Kier alpha value is -2.11. The Balaban J connectivity index is 1.44. The van der Waals surface area contributed by atoms with Crippen molar-refractivity contribution >= 4 is 5.91 Å². The van der Waals surface area contributed by atoms with E-state index in [4.69, 9.17) is 0 Å². The molecular formula is C19H23N3O2. The molecule has 1 aliphatic carbocycles. The molecule has 1 unspecified atom stereocenters. The molecule has 24 heavy (non-hydrogen) atoms. The van der Waals surface area contributed by atoms with E-state index < -0.39 is 6.10 Å². The molecule has 4 rings (SSSR count). The number of amides is 1. The summed E-state index contributed by atoms with van der Waals surface area (Å²) in [5.41, 5.74) is 3.49. The third-order valence-corrected chi connectivity index (χ3v) is 5.21. The van der Waals surface area contributed by atoms with Crippen molar-refractivity contribution in [2.24, 2.45) is 0 Å². The van der Waals surface area contributed by atoms with E-state index in [0.717, 1.165) is 19.4 Å². The number of nitrogens with zero attached hydrogens (tertiary/aromatic N) is 2. The van der Waals surface area contributed by atoms with Crippen LogP contribution < -0.4 is 0 Å².